The molecule has 1 aromatic heterocycles. The van der Waals surface area contributed by atoms with E-state index in [2.05, 4.69) is 0 Å². The van der Waals surface area contributed by atoms with Gasteiger partial charge in [0.05, 0.1) is 18.7 Å². The molecule has 8 nitrogen and oxygen atoms in total. The van der Waals surface area contributed by atoms with Gasteiger partial charge in [-0.15, -0.1) is 0 Å². The van der Waals surface area contributed by atoms with Gasteiger partial charge in [-0.1, -0.05) is 24.3 Å². The fourth-order valence-electron chi connectivity index (χ4n) is 4.24. The average Bonchev–Trinajstić information content (AvgIpc) is 3.38. The van der Waals surface area contributed by atoms with Crippen molar-refractivity contribution in [2.75, 3.05) is 46.4 Å². The lowest BCUT2D eigenvalue weighted by Gasteiger charge is -2.27. The Morgan fingerprint density at radius 3 is 2.53 bits per heavy atom. The molecule has 1 amide bonds. The van der Waals surface area contributed by atoms with E-state index < -0.39 is 23.5 Å². The quantitative estimate of drug-likeness (QED) is 0.376. The minimum atomic E-state index is -0.747. The molecule has 8 heteroatoms. The van der Waals surface area contributed by atoms with E-state index in [4.69, 9.17) is 13.9 Å². The fraction of sp³-hybridized carbons (Fsp3) is 0.308. The Morgan fingerprint density at radius 2 is 1.88 bits per heavy atom. The normalized spacial score (nSPS) is 15.9. The summed E-state index contributed by atoms with van der Waals surface area (Å²) in [6.07, 6.45) is 0.561. The largest absolute Gasteiger partial charge is 0.503 e. The van der Waals surface area contributed by atoms with Gasteiger partial charge in [0.1, 0.15) is 0 Å². The standard InChI is InChI=1S/C26H28N2O6/c1-27(2)18-11-9-16(10-12-18)22-21(24(30)26(31)28(22)13-6-14-32-3)23(29)20-15-17-7-5-8-19(33-4)25(17)34-20/h5,7-12,15,22,30H,6,13-14H2,1-4H3. The Hall–Kier alpha value is -3.78. The van der Waals surface area contributed by atoms with E-state index in [0.717, 1.165) is 11.3 Å². The summed E-state index contributed by atoms with van der Waals surface area (Å²) < 4.78 is 16.3. The summed E-state index contributed by atoms with van der Waals surface area (Å²) in [4.78, 5) is 30.2. The second-order valence-electron chi connectivity index (χ2n) is 8.31. The van der Waals surface area contributed by atoms with Crippen LogP contribution in [-0.2, 0) is 9.53 Å². The molecule has 0 saturated carbocycles. The zero-order valence-electron chi connectivity index (χ0n) is 19.7. The second kappa shape index (κ2) is 9.61. The van der Waals surface area contributed by atoms with Gasteiger partial charge in [0, 0.05) is 45.4 Å². The van der Waals surface area contributed by atoms with E-state index in [1.807, 2.05) is 43.3 Å². The van der Waals surface area contributed by atoms with Crippen molar-refractivity contribution >= 4 is 28.3 Å². The number of nitrogens with zero attached hydrogens (tertiary/aromatic N) is 2. The number of amides is 1. The number of rotatable bonds is 9. The van der Waals surface area contributed by atoms with Crippen LogP contribution in [0.4, 0.5) is 5.69 Å². The number of Topliss-reactive ketones (excluding diaryl/α,β-unsaturated/α-hetero) is 1. The second-order valence-corrected chi connectivity index (χ2v) is 8.31. The number of furan rings is 1. The molecule has 0 fully saturated rings. The van der Waals surface area contributed by atoms with Crippen LogP contribution in [0.1, 0.15) is 28.6 Å². The molecule has 0 saturated heterocycles. The maximum Gasteiger partial charge on any atom is 0.290 e. The molecule has 4 rings (SSSR count). The first-order valence-electron chi connectivity index (χ1n) is 11.0. The summed E-state index contributed by atoms with van der Waals surface area (Å²) in [6.45, 7) is 0.769. The minimum absolute atomic E-state index is 0.00181. The summed E-state index contributed by atoms with van der Waals surface area (Å²) in [7, 11) is 6.97. The molecule has 34 heavy (non-hydrogen) atoms. The van der Waals surface area contributed by atoms with Gasteiger partial charge in [-0.3, -0.25) is 9.59 Å². The summed E-state index contributed by atoms with van der Waals surface area (Å²) in [6, 6.07) is 13.8. The molecule has 0 spiro atoms. The number of fused-ring (bicyclic) bond motifs is 1. The van der Waals surface area contributed by atoms with Gasteiger partial charge in [-0.25, -0.2) is 0 Å². The Labute approximate surface area is 198 Å². The highest BCUT2D eigenvalue weighted by molar-refractivity contribution is 6.16. The number of anilines is 1. The number of ether oxygens (including phenoxy) is 2. The number of carbonyl (C=O) groups is 2. The number of aliphatic hydroxyl groups excluding tert-OH is 1. The number of benzene rings is 2. The molecule has 0 bridgehead atoms. The molecule has 2 heterocycles. The third-order valence-corrected chi connectivity index (χ3v) is 5.97. The Bertz CT molecular complexity index is 1240. The van der Waals surface area contributed by atoms with E-state index in [1.165, 1.54) is 12.0 Å². The van der Waals surface area contributed by atoms with Crippen LogP contribution in [0.3, 0.4) is 0 Å². The number of carbonyl (C=O) groups excluding carboxylic acids is 2. The minimum Gasteiger partial charge on any atom is -0.503 e. The van der Waals surface area contributed by atoms with Crippen molar-refractivity contribution in [3.8, 4) is 5.75 Å². The predicted molar refractivity (Wildman–Crippen MR) is 128 cm³/mol. The van der Waals surface area contributed by atoms with Crippen molar-refractivity contribution < 1.29 is 28.6 Å². The first kappa shape index (κ1) is 23.4. The molecule has 178 valence electrons. The van der Waals surface area contributed by atoms with E-state index in [9.17, 15) is 14.7 Å². The number of aliphatic hydroxyl groups is 1. The van der Waals surface area contributed by atoms with Crippen molar-refractivity contribution in [2.24, 2.45) is 0 Å². The highest BCUT2D eigenvalue weighted by Gasteiger charge is 2.44. The third kappa shape index (κ3) is 4.12. The van der Waals surface area contributed by atoms with Gasteiger partial charge in [-0.2, -0.15) is 0 Å². The highest BCUT2D eigenvalue weighted by Crippen LogP contribution is 2.40. The molecule has 1 atom stereocenters. The number of ketones is 1. The van der Waals surface area contributed by atoms with E-state index in [0.29, 0.717) is 36.3 Å². The maximum atomic E-state index is 13.6. The Kier molecular flexibility index (Phi) is 6.61. The van der Waals surface area contributed by atoms with Crippen molar-refractivity contribution in [3.05, 3.63) is 71.2 Å². The van der Waals surface area contributed by atoms with Crippen molar-refractivity contribution in [2.45, 2.75) is 12.5 Å². The van der Waals surface area contributed by atoms with Crippen LogP contribution in [0.25, 0.3) is 11.0 Å². The van der Waals surface area contributed by atoms with E-state index >= 15 is 0 Å². The zero-order chi connectivity index (χ0) is 24.4. The fourth-order valence-corrected chi connectivity index (χ4v) is 4.24. The van der Waals surface area contributed by atoms with E-state index in [-0.39, 0.29) is 11.3 Å². The zero-order valence-corrected chi connectivity index (χ0v) is 19.7. The summed E-state index contributed by atoms with van der Waals surface area (Å²) in [5, 5.41) is 11.5. The van der Waals surface area contributed by atoms with Crippen molar-refractivity contribution in [3.63, 3.8) is 0 Å². The first-order chi connectivity index (χ1) is 16.4. The van der Waals surface area contributed by atoms with Crippen LogP contribution in [0.5, 0.6) is 5.75 Å². The SMILES string of the molecule is COCCCN1C(=O)C(O)=C(C(=O)c2cc3cccc(OC)c3o2)C1c1ccc(N(C)C)cc1. The van der Waals surface area contributed by atoms with Gasteiger partial charge >= 0.3 is 0 Å². The van der Waals surface area contributed by atoms with Crippen LogP contribution in [0.15, 0.2) is 64.3 Å². The van der Waals surface area contributed by atoms with Crippen molar-refractivity contribution in [1.29, 1.82) is 0 Å². The van der Waals surface area contributed by atoms with Gasteiger partial charge in [0.2, 0.25) is 5.78 Å². The van der Waals surface area contributed by atoms with Gasteiger partial charge < -0.3 is 28.8 Å². The molecular formula is C26H28N2O6. The third-order valence-electron chi connectivity index (χ3n) is 5.97. The molecule has 1 unspecified atom stereocenters. The topological polar surface area (TPSA) is 92.5 Å². The lowest BCUT2D eigenvalue weighted by atomic mass is 9.94. The number of methoxy groups -OCH3 is 2. The monoisotopic (exact) mass is 464 g/mol. The van der Waals surface area contributed by atoms with Crippen molar-refractivity contribution in [1.82, 2.24) is 4.90 Å². The van der Waals surface area contributed by atoms with Crippen LogP contribution >= 0.6 is 0 Å². The van der Waals surface area contributed by atoms with Gasteiger partial charge in [0.25, 0.3) is 5.91 Å². The molecule has 1 aliphatic rings. The number of hydrogen-bond acceptors (Lipinski definition) is 7. The maximum absolute atomic E-state index is 13.6. The molecular weight excluding hydrogens is 436 g/mol. The van der Waals surface area contributed by atoms with Crippen LogP contribution in [0.2, 0.25) is 0 Å². The molecule has 1 aliphatic heterocycles. The highest BCUT2D eigenvalue weighted by atomic mass is 16.5. The van der Waals surface area contributed by atoms with Crippen LogP contribution in [-0.4, -0.2) is 63.2 Å². The summed E-state index contributed by atoms with van der Waals surface area (Å²) >= 11 is 0. The van der Waals surface area contributed by atoms with E-state index in [1.54, 1.807) is 31.4 Å². The molecule has 2 aromatic carbocycles. The molecule has 3 aromatic rings. The predicted octanol–water partition coefficient (Wildman–Crippen LogP) is 4.12. The number of para-hydroxylation sites is 1. The lowest BCUT2D eigenvalue weighted by molar-refractivity contribution is -0.129. The van der Waals surface area contributed by atoms with Gasteiger partial charge in [-0.05, 0) is 36.2 Å². The Morgan fingerprint density at radius 1 is 1.15 bits per heavy atom. The Balaban J connectivity index is 1.77. The number of hydrogen-bond donors (Lipinski definition) is 1. The van der Waals surface area contributed by atoms with Gasteiger partial charge in [0.15, 0.2) is 22.9 Å². The van der Waals surface area contributed by atoms with Crippen LogP contribution in [0, 0.1) is 0 Å². The first-order valence-corrected chi connectivity index (χ1v) is 11.0. The molecule has 1 N–H and O–H groups in total. The summed E-state index contributed by atoms with van der Waals surface area (Å²) in [5.74, 6) is -1.16. The smallest absolute Gasteiger partial charge is 0.290 e. The molecule has 0 aliphatic carbocycles. The van der Waals surface area contributed by atoms with Crippen LogP contribution < -0.4 is 9.64 Å². The average molecular weight is 465 g/mol. The lowest BCUT2D eigenvalue weighted by Crippen LogP contribution is -2.32. The molecule has 0 radical (unpaired) electrons. The summed E-state index contributed by atoms with van der Waals surface area (Å²) in [5.41, 5.74) is 2.13.